The number of rotatable bonds is 4. The maximum Gasteiger partial charge on any atom is 0.222 e. The fraction of sp³-hybridized carbons (Fsp3) is 0.167. The Kier molecular flexibility index (Phi) is 4.41. The third-order valence-corrected chi connectivity index (χ3v) is 3.44. The van der Waals surface area contributed by atoms with Gasteiger partial charge in [-0.05, 0) is 5.56 Å². The average molecular weight is 282 g/mol. The van der Waals surface area contributed by atoms with Gasteiger partial charge >= 0.3 is 0 Å². The molecule has 94 valence electrons. The van der Waals surface area contributed by atoms with E-state index in [1.807, 2.05) is 30.3 Å². The molecule has 0 aliphatic carbocycles. The van der Waals surface area contributed by atoms with Crippen LogP contribution in [0.3, 0.4) is 0 Å². The second-order valence-electron chi connectivity index (χ2n) is 3.62. The first-order valence-electron chi connectivity index (χ1n) is 5.31. The number of thioether (sulfide) groups is 1. The number of hydrogen-bond acceptors (Lipinski definition) is 5. The number of benzene rings is 1. The first-order chi connectivity index (χ1) is 8.65. The molecule has 0 spiro atoms. The lowest BCUT2D eigenvalue weighted by molar-refractivity contribution is 0.204. The van der Waals surface area contributed by atoms with Crippen LogP contribution in [0.5, 0.6) is 0 Å². The minimum Gasteiger partial charge on any atom is -0.388 e. The Hall–Kier alpha value is -1.30. The van der Waals surface area contributed by atoms with Gasteiger partial charge in [0, 0.05) is 11.8 Å². The van der Waals surface area contributed by atoms with Crippen LogP contribution in [0.2, 0.25) is 5.15 Å². The van der Waals surface area contributed by atoms with Gasteiger partial charge in [0.1, 0.15) is 10.2 Å². The highest BCUT2D eigenvalue weighted by atomic mass is 35.5. The SMILES string of the molecule is Nc1nc(Cl)cc(SCC(O)c2ccccc2)n1. The molecule has 0 saturated carbocycles. The van der Waals surface area contributed by atoms with Gasteiger partial charge in [-0.3, -0.25) is 0 Å². The largest absolute Gasteiger partial charge is 0.388 e. The molecule has 1 aromatic carbocycles. The van der Waals surface area contributed by atoms with Crippen molar-refractivity contribution in [3.63, 3.8) is 0 Å². The third kappa shape index (κ3) is 3.60. The van der Waals surface area contributed by atoms with Crippen LogP contribution in [0, 0.1) is 0 Å². The Balaban J connectivity index is 1.99. The molecule has 0 fully saturated rings. The molecular formula is C12H12ClN3OS. The second kappa shape index (κ2) is 6.04. The predicted octanol–water partition coefficient (Wildman–Crippen LogP) is 2.54. The van der Waals surface area contributed by atoms with Crippen molar-refractivity contribution in [3.05, 3.63) is 47.1 Å². The summed E-state index contributed by atoms with van der Waals surface area (Å²) in [5.74, 6) is 0.621. The number of aromatic nitrogens is 2. The van der Waals surface area contributed by atoms with Crippen molar-refractivity contribution in [2.24, 2.45) is 0 Å². The number of aliphatic hydroxyl groups is 1. The quantitative estimate of drug-likeness (QED) is 0.666. The van der Waals surface area contributed by atoms with E-state index in [4.69, 9.17) is 17.3 Å². The van der Waals surface area contributed by atoms with Gasteiger partial charge < -0.3 is 10.8 Å². The summed E-state index contributed by atoms with van der Waals surface area (Å²) in [6.07, 6.45) is -0.550. The lowest BCUT2D eigenvalue weighted by Crippen LogP contribution is -2.01. The van der Waals surface area contributed by atoms with Crippen molar-refractivity contribution < 1.29 is 5.11 Å². The molecule has 0 saturated heterocycles. The maximum atomic E-state index is 9.99. The number of nitrogens with zero attached hydrogens (tertiary/aromatic N) is 2. The van der Waals surface area contributed by atoms with Gasteiger partial charge in [-0.25, -0.2) is 9.97 Å². The van der Waals surface area contributed by atoms with Gasteiger partial charge in [-0.15, -0.1) is 11.8 Å². The monoisotopic (exact) mass is 281 g/mol. The van der Waals surface area contributed by atoms with Gasteiger partial charge in [0.15, 0.2) is 0 Å². The summed E-state index contributed by atoms with van der Waals surface area (Å²) in [4.78, 5) is 7.81. The van der Waals surface area contributed by atoms with Gasteiger partial charge in [0.2, 0.25) is 5.95 Å². The minimum absolute atomic E-state index is 0.138. The molecule has 1 heterocycles. The minimum atomic E-state index is -0.550. The van der Waals surface area contributed by atoms with Gasteiger partial charge in [0.25, 0.3) is 0 Å². The summed E-state index contributed by atoms with van der Waals surface area (Å²) in [6.45, 7) is 0. The number of halogens is 1. The van der Waals surface area contributed by atoms with E-state index in [-0.39, 0.29) is 5.95 Å². The number of nitrogens with two attached hydrogens (primary N) is 1. The smallest absolute Gasteiger partial charge is 0.222 e. The molecular weight excluding hydrogens is 270 g/mol. The summed E-state index contributed by atoms with van der Waals surface area (Å²) in [5.41, 5.74) is 6.37. The molecule has 3 N–H and O–H groups in total. The zero-order valence-electron chi connectivity index (χ0n) is 9.45. The molecule has 0 aliphatic rings. The van der Waals surface area contributed by atoms with Crippen LogP contribution in [0.25, 0.3) is 0 Å². The lowest BCUT2D eigenvalue weighted by Gasteiger charge is -2.10. The Morgan fingerprint density at radius 3 is 2.67 bits per heavy atom. The fourth-order valence-corrected chi connectivity index (χ4v) is 2.55. The van der Waals surface area contributed by atoms with Crippen LogP contribution < -0.4 is 5.73 Å². The summed E-state index contributed by atoms with van der Waals surface area (Å²) >= 11 is 7.16. The third-order valence-electron chi connectivity index (χ3n) is 2.26. The van der Waals surface area contributed by atoms with Crippen molar-refractivity contribution in [1.29, 1.82) is 0 Å². The van der Waals surface area contributed by atoms with E-state index < -0.39 is 6.10 Å². The van der Waals surface area contributed by atoms with E-state index in [0.717, 1.165) is 5.56 Å². The van der Waals surface area contributed by atoms with Crippen molar-refractivity contribution in [1.82, 2.24) is 9.97 Å². The molecule has 1 aromatic heterocycles. The lowest BCUT2D eigenvalue weighted by atomic mass is 10.1. The zero-order valence-corrected chi connectivity index (χ0v) is 11.0. The summed E-state index contributed by atoms with van der Waals surface area (Å²) < 4.78 is 0. The molecule has 0 amide bonds. The molecule has 0 radical (unpaired) electrons. The normalized spacial score (nSPS) is 12.3. The number of hydrogen-bond donors (Lipinski definition) is 2. The second-order valence-corrected chi connectivity index (χ2v) is 5.05. The zero-order chi connectivity index (χ0) is 13.0. The van der Waals surface area contributed by atoms with Crippen molar-refractivity contribution in [2.45, 2.75) is 11.1 Å². The molecule has 2 rings (SSSR count). The van der Waals surface area contributed by atoms with E-state index in [1.165, 1.54) is 11.8 Å². The molecule has 6 heteroatoms. The van der Waals surface area contributed by atoms with Crippen LogP contribution in [-0.4, -0.2) is 20.8 Å². The Bertz CT molecular complexity index is 504. The van der Waals surface area contributed by atoms with Gasteiger partial charge in [0.05, 0.1) is 6.10 Å². The number of aliphatic hydroxyl groups excluding tert-OH is 1. The Morgan fingerprint density at radius 2 is 2.00 bits per heavy atom. The highest BCUT2D eigenvalue weighted by molar-refractivity contribution is 7.99. The Morgan fingerprint density at radius 1 is 1.28 bits per heavy atom. The summed E-state index contributed by atoms with van der Waals surface area (Å²) in [7, 11) is 0. The van der Waals surface area contributed by atoms with Crippen LogP contribution in [0.1, 0.15) is 11.7 Å². The van der Waals surface area contributed by atoms with Crippen LogP contribution >= 0.6 is 23.4 Å². The Labute approximate surface area is 114 Å². The van der Waals surface area contributed by atoms with E-state index in [0.29, 0.717) is 15.9 Å². The van der Waals surface area contributed by atoms with Gasteiger partial charge in [-0.2, -0.15) is 0 Å². The maximum absolute atomic E-state index is 9.99. The number of nitrogen functional groups attached to an aromatic ring is 1. The first kappa shape index (κ1) is 13.1. The van der Waals surface area contributed by atoms with Crippen molar-refractivity contribution in [2.75, 3.05) is 11.5 Å². The number of anilines is 1. The average Bonchev–Trinajstić information content (AvgIpc) is 2.36. The van der Waals surface area contributed by atoms with Crippen LogP contribution in [0.15, 0.2) is 41.4 Å². The molecule has 2 aromatic rings. The van der Waals surface area contributed by atoms with Crippen molar-refractivity contribution >= 4 is 29.3 Å². The van der Waals surface area contributed by atoms with Crippen LogP contribution in [0.4, 0.5) is 5.95 Å². The van der Waals surface area contributed by atoms with Gasteiger partial charge in [-0.1, -0.05) is 41.9 Å². The molecule has 4 nitrogen and oxygen atoms in total. The standard InChI is InChI=1S/C12H12ClN3OS/c13-10-6-11(16-12(14)15-10)18-7-9(17)8-4-2-1-3-5-8/h1-6,9,17H,7H2,(H2,14,15,16). The summed E-state index contributed by atoms with van der Waals surface area (Å²) in [5, 5.41) is 11.0. The molecule has 1 atom stereocenters. The van der Waals surface area contributed by atoms with E-state index in [9.17, 15) is 5.11 Å². The van der Waals surface area contributed by atoms with Crippen molar-refractivity contribution in [3.8, 4) is 0 Å². The molecule has 0 bridgehead atoms. The summed E-state index contributed by atoms with van der Waals surface area (Å²) in [6, 6.07) is 11.1. The fourth-order valence-electron chi connectivity index (χ4n) is 1.42. The van der Waals surface area contributed by atoms with E-state index in [1.54, 1.807) is 6.07 Å². The van der Waals surface area contributed by atoms with E-state index >= 15 is 0 Å². The highest BCUT2D eigenvalue weighted by Crippen LogP contribution is 2.25. The first-order valence-corrected chi connectivity index (χ1v) is 6.67. The molecule has 0 aliphatic heterocycles. The molecule has 18 heavy (non-hydrogen) atoms. The topological polar surface area (TPSA) is 72.0 Å². The van der Waals surface area contributed by atoms with E-state index in [2.05, 4.69) is 9.97 Å². The van der Waals surface area contributed by atoms with Crippen LogP contribution in [-0.2, 0) is 0 Å². The highest BCUT2D eigenvalue weighted by Gasteiger charge is 2.09. The molecule has 1 unspecified atom stereocenters. The predicted molar refractivity (Wildman–Crippen MR) is 73.6 cm³/mol.